The van der Waals surface area contributed by atoms with Gasteiger partial charge in [-0.3, -0.25) is 9.69 Å². The molecule has 3 rings (SSSR count). The number of amides is 1. The zero-order chi connectivity index (χ0) is 14.7. The second-order valence-electron chi connectivity index (χ2n) is 6.13. The Kier molecular flexibility index (Phi) is 4.91. The third-order valence-corrected chi connectivity index (χ3v) is 5.78. The van der Waals surface area contributed by atoms with Gasteiger partial charge in [0.15, 0.2) is 0 Å². The van der Waals surface area contributed by atoms with Crippen LogP contribution < -0.4 is 0 Å². The zero-order valence-corrected chi connectivity index (χ0v) is 13.6. The van der Waals surface area contributed by atoms with E-state index in [0.29, 0.717) is 11.8 Å². The zero-order valence-electron chi connectivity index (χ0n) is 12.8. The normalized spacial score (nSPS) is 27.8. The van der Waals surface area contributed by atoms with Gasteiger partial charge < -0.3 is 4.90 Å². The van der Waals surface area contributed by atoms with Crippen molar-refractivity contribution < 1.29 is 4.79 Å². The van der Waals surface area contributed by atoms with E-state index in [1.54, 1.807) is 11.3 Å². The van der Waals surface area contributed by atoms with E-state index in [0.717, 1.165) is 39.0 Å². The largest absolute Gasteiger partial charge is 0.341 e. The minimum absolute atomic E-state index is 0.124. The maximum Gasteiger partial charge on any atom is 0.239 e. The molecular formula is C16H25N3OS. The molecule has 0 spiro atoms. The summed E-state index contributed by atoms with van der Waals surface area (Å²) in [5.74, 6) is 0.805. The van der Waals surface area contributed by atoms with Crippen LogP contribution in [0.1, 0.15) is 50.0 Å². The maximum atomic E-state index is 12.9. The molecule has 21 heavy (non-hydrogen) atoms. The van der Waals surface area contributed by atoms with Crippen molar-refractivity contribution in [1.82, 2.24) is 14.8 Å². The molecule has 2 saturated heterocycles. The van der Waals surface area contributed by atoms with E-state index in [2.05, 4.69) is 21.7 Å². The van der Waals surface area contributed by atoms with Gasteiger partial charge in [0.2, 0.25) is 5.91 Å². The molecule has 1 amide bonds. The predicted octanol–water partition coefficient (Wildman–Crippen LogP) is 2.72. The molecule has 0 N–H and O–H groups in total. The summed E-state index contributed by atoms with van der Waals surface area (Å²) in [4.78, 5) is 21.8. The van der Waals surface area contributed by atoms with E-state index in [1.165, 1.54) is 24.3 Å². The van der Waals surface area contributed by atoms with Gasteiger partial charge in [-0.25, -0.2) is 4.98 Å². The fraction of sp³-hybridized carbons (Fsp3) is 0.750. The van der Waals surface area contributed by atoms with Gasteiger partial charge in [-0.1, -0.05) is 13.3 Å². The van der Waals surface area contributed by atoms with Gasteiger partial charge in [0, 0.05) is 30.6 Å². The molecule has 2 atom stereocenters. The van der Waals surface area contributed by atoms with Crippen molar-refractivity contribution in [2.45, 2.75) is 51.0 Å². The predicted molar refractivity (Wildman–Crippen MR) is 85.6 cm³/mol. The number of carbonyl (C=O) groups excluding carboxylic acids is 1. The molecule has 1 aromatic rings. The molecule has 5 heteroatoms. The van der Waals surface area contributed by atoms with Crippen LogP contribution >= 0.6 is 11.3 Å². The maximum absolute atomic E-state index is 12.9. The Balaban J connectivity index is 1.66. The first-order valence-electron chi connectivity index (χ1n) is 8.22. The molecule has 2 aliphatic heterocycles. The first-order chi connectivity index (χ1) is 10.3. The Morgan fingerprint density at radius 2 is 2.24 bits per heavy atom. The summed E-state index contributed by atoms with van der Waals surface area (Å²) in [6, 6.07) is 0.124. The van der Waals surface area contributed by atoms with Crippen molar-refractivity contribution in [3.8, 4) is 0 Å². The van der Waals surface area contributed by atoms with Crippen LogP contribution in [0.5, 0.6) is 0 Å². The van der Waals surface area contributed by atoms with Crippen LogP contribution in [-0.4, -0.2) is 52.9 Å². The highest BCUT2D eigenvalue weighted by atomic mass is 32.1. The number of hydrogen-bond donors (Lipinski definition) is 0. The van der Waals surface area contributed by atoms with Gasteiger partial charge in [-0.2, -0.15) is 0 Å². The molecule has 0 radical (unpaired) electrons. The third-order valence-electron chi connectivity index (χ3n) is 4.84. The lowest BCUT2D eigenvalue weighted by molar-refractivity contribution is -0.139. The monoisotopic (exact) mass is 307 g/mol. The number of thiazole rings is 1. The fourth-order valence-electron chi connectivity index (χ4n) is 3.67. The van der Waals surface area contributed by atoms with Crippen molar-refractivity contribution in [2.75, 3.05) is 26.2 Å². The lowest BCUT2D eigenvalue weighted by Gasteiger charge is -2.39. The van der Waals surface area contributed by atoms with Crippen LogP contribution in [0.15, 0.2) is 11.6 Å². The van der Waals surface area contributed by atoms with Gasteiger partial charge in [0.05, 0.1) is 11.0 Å². The first-order valence-corrected chi connectivity index (χ1v) is 9.09. The van der Waals surface area contributed by atoms with Crippen molar-refractivity contribution in [3.05, 3.63) is 16.6 Å². The SMILES string of the molecule is CCN1CCCC[C@@H]1C(=O)N1CCC[C@H](c2nccs2)C1. The molecule has 2 fully saturated rings. The summed E-state index contributed by atoms with van der Waals surface area (Å²) < 4.78 is 0. The molecule has 0 saturated carbocycles. The van der Waals surface area contributed by atoms with E-state index in [-0.39, 0.29) is 6.04 Å². The highest BCUT2D eigenvalue weighted by Crippen LogP contribution is 2.29. The first kappa shape index (κ1) is 15.0. The van der Waals surface area contributed by atoms with Crippen molar-refractivity contribution in [3.63, 3.8) is 0 Å². The second kappa shape index (κ2) is 6.88. The standard InChI is InChI=1S/C16H25N3OS/c1-2-18-9-4-3-7-14(18)16(20)19-10-5-6-13(12-19)15-17-8-11-21-15/h8,11,13-14H,2-7,9-10,12H2,1H3/t13-,14+/m0/s1. The fourth-order valence-corrected chi connectivity index (χ4v) is 4.44. The van der Waals surface area contributed by atoms with Crippen LogP contribution in [0.2, 0.25) is 0 Å². The summed E-state index contributed by atoms with van der Waals surface area (Å²) >= 11 is 1.72. The number of carbonyl (C=O) groups is 1. The van der Waals surface area contributed by atoms with Gasteiger partial charge in [0.1, 0.15) is 0 Å². The van der Waals surface area contributed by atoms with Crippen LogP contribution in [0.3, 0.4) is 0 Å². The molecule has 1 aromatic heterocycles. The highest BCUT2D eigenvalue weighted by Gasteiger charge is 2.34. The number of likely N-dealkylation sites (N-methyl/N-ethyl adjacent to an activating group) is 1. The molecule has 0 aromatic carbocycles. The molecule has 2 aliphatic rings. The van der Waals surface area contributed by atoms with E-state index in [1.807, 2.05) is 11.6 Å². The second-order valence-corrected chi connectivity index (χ2v) is 7.06. The van der Waals surface area contributed by atoms with Gasteiger partial charge in [0.25, 0.3) is 0 Å². The molecule has 116 valence electrons. The third kappa shape index (κ3) is 3.29. The Morgan fingerprint density at radius 3 is 3.00 bits per heavy atom. The Labute approximate surface area is 131 Å². The van der Waals surface area contributed by atoms with Gasteiger partial charge in [-0.05, 0) is 38.8 Å². The van der Waals surface area contributed by atoms with Gasteiger partial charge in [-0.15, -0.1) is 11.3 Å². The molecule has 0 aliphatic carbocycles. The van der Waals surface area contributed by atoms with Crippen molar-refractivity contribution in [1.29, 1.82) is 0 Å². The summed E-state index contributed by atoms with van der Waals surface area (Å²) in [5, 5.41) is 3.24. The lowest BCUT2D eigenvalue weighted by atomic mass is 9.96. The number of nitrogens with zero attached hydrogens (tertiary/aromatic N) is 3. The Hall–Kier alpha value is -0.940. The topological polar surface area (TPSA) is 36.4 Å². The number of likely N-dealkylation sites (tertiary alicyclic amines) is 2. The van der Waals surface area contributed by atoms with Crippen molar-refractivity contribution >= 4 is 17.2 Å². The Bertz CT molecular complexity index is 462. The summed E-state index contributed by atoms with van der Waals surface area (Å²) in [5.41, 5.74) is 0. The van der Waals surface area contributed by atoms with Crippen LogP contribution in [0.4, 0.5) is 0 Å². The number of aromatic nitrogens is 1. The summed E-state index contributed by atoms with van der Waals surface area (Å²) in [6.45, 7) is 6.02. The van der Waals surface area contributed by atoms with Crippen LogP contribution in [0, 0.1) is 0 Å². The molecule has 0 bridgehead atoms. The van der Waals surface area contributed by atoms with E-state index >= 15 is 0 Å². The van der Waals surface area contributed by atoms with Crippen LogP contribution in [0.25, 0.3) is 0 Å². The summed E-state index contributed by atoms with van der Waals surface area (Å²) in [7, 11) is 0. The minimum Gasteiger partial charge on any atom is -0.341 e. The quantitative estimate of drug-likeness (QED) is 0.861. The average molecular weight is 307 g/mol. The molecule has 4 nitrogen and oxygen atoms in total. The van der Waals surface area contributed by atoms with E-state index in [9.17, 15) is 4.79 Å². The number of rotatable bonds is 3. The highest BCUT2D eigenvalue weighted by molar-refractivity contribution is 7.09. The summed E-state index contributed by atoms with van der Waals surface area (Å²) in [6.07, 6.45) is 7.61. The van der Waals surface area contributed by atoms with E-state index < -0.39 is 0 Å². The van der Waals surface area contributed by atoms with E-state index in [4.69, 9.17) is 0 Å². The molecule has 3 heterocycles. The Morgan fingerprint density at radius 1 is 1.33 bits per heavy atom. The average Bonchev–Trinajstić information content (AvgIpc) is 3.09. The lowest BCUT2D eigenvalue weighted by Crippen LogP contribution is -2.52. The minimum atomic E-state index is 0.124. The van der Waals surface area contributed by atoms with Crippen LogP contribution in [-0.2, 0) is 4.79 Å². The smallest absolute Gasteiger partial charge is 0.239 e. The van der Waals surface area contributed by atoms with Crippen molar-refractivity contribution in [2.24, 2.45) is 0 Å². The number of hydrogen-bond acceptors (Lipinski definition) is 4. The van der Waals surface area contributed by atoms with Gasteiger partial charge >= 0.3 is 0 Å². The number of piperidine rings is 2. The molecule has 0 unspecified atom stereocenters. The molecular weight excluding hydrogens is 282 g/mol.